The molecular formula is C19H19ClNSi. The molecule has 0 aliphatic rings. The van der Waals surface area contributed by atoms with Gasteiger partial charge in [0.25, 0.3) is 0 Å². The summed E-state index contributed by atoms with van der Waals surface area (Å²) >= 11 is 6.91. The van der Waals surface area contributed by atoms with Gasteiger partial charge in [-0.15, -0.1) is 0 Å². The van der Waals surface area contributed by atoms with Crippen molar-refractivity contribution in [3.8, 4) is 0 Å². The Morgan fingerprint density at radius 2 is 1.55 bits per heavy atom. The van der Waals surface area contributed by atoms with Crippen LogP contribution in [0.1, 0.15) is 5.56 Å². The maximum Gasteiger partial charge on any atom is 0.234 e. The molecule has 3 heteroatoms. The maximum atomic E-state index is 6.91. The molecule has 0 atom stereocenters. The third-order valence-electron chi connectivity index (χ3n) is 3.74. The largest absolute Gasteiger partial charge is 0.305 e. The zero-order valence-corrected chi connectivity index (χ0v) is 14.6. The van der Waals surface area contributed by atoms with Crippen LogP contribution < -0.4 is 10.4 Å². The molecule has 0 heterocycles. The van der Waals surface area contributed by atoms with Gasteiger partial charge < -0.3 is 4.90 Å². The smallest absolute Gasteiger partial charge is 0.234 e. The van der Waals surface area contributed by atoms with Gasteiger partial charge in [-0.3, -0.25) is 0 Å². The van der Waals surface area contributed by atoms with E-state index in [0.29, 0.717) is 0 Å². The highest BCUT2D eigenvalue weighted by Crippen LogP contribution is 2.19. The van der Waals surface area contributed by atoms with Crippen LogP contribution in [-0.4, -0.2) is 27.1 Å². The zero-order valence-electron chi connectivity index (χ0n) is 12.9. The number of halogens is 1. The topological polar surface area (TPSA) is 3.24 Å². The number of fused-ring (bicyclic) bond motifs is 1. The lowest BCUT2D eigenvalue weighted by atomic mass is 10.0. The predicted octanol–water partition coefficient (Wildman–Crippen LogP) is 3.25. The Labute approximate surface area is 138 Å². The van der Waals surface area contributed by atoms with Gasteiger partial charge in [-0.05, 0) is 40.8 Å². The summed E-state index contributed by atoms with van der Waals surface area (Å²) in [6, 6.07) is 23.4. The normalized spacial score (nSPS) is 11.5. The molecule has 3 rings (SSSR count). The standard InChI is InChI=1S/C19H19ClNSi/c1-21(2)14-16-10-6-8-15-9-7-13-18(19(15)16)22(20)17-11-4-3-5-12-17/h3-13H,14H2,1-2H3. The van der Waals surface area contributed by atoms with Gasteiger partial charge in [-0.25, -0.2) is 0 Å². The molecule has 0 amide bonds. The molecule has 0 N–H and O–H groups in total. The van der Waals surface area contributed by atoms with E-state index in [1.54, 1.807) is 0 Å². The lowest BCUT2D eigenvalue weighted by Gasteiger charge is -2.17. The fourth-order valence-electron chi connectivity index (χ4n) is 2.81. The molecule has 3 aromatic rings. The minimum atomic E-state index is -1.27. The van der Waals surface area contributed by atoms with E-state index in [-0.39, 0.29) is 0 Å². The molecule has 111 valence electrons. The van der Waals surface area contributed by atoms with Gasteiger partial charge in [0.2, 0.25) is 8.11 Å². The van der Waals surface area contributed by atoms with Crippen molar-refractivity contribution in [2.24, 2.45) is 0 Å². The quantitative estimate of drug-likeness (QED) is 0.526. The third-order valence-corrected chi connectivity index (χ3v) is 6.74. The van der Waals surface area contributed by atoms with E-state index in [4.69, 9.17) is 11.1 Å². The second-order valence-corrected chi connectivity index (χ2v) is 8.62. The molecule has 0 aliphatic carbocycles. The van der Waals surface area contributed by atoms with Gasteiger partial charge in [0.15, 0.2) is 0 Å². The molecular weight excluding hydrogens is 306 g/mol. The molecule has 0 fully saturated rings. The van der Waals surface area contributed by atoms with Crippen molar-refractivity contribution in [2.75, 3.05) is 14.1 Å². The van der Waals surface area contributed by atoms with Crippen molar-refractivity contribution in [1.82, 2.24) is 4.90 Å². The van der Waals surface area contributed by atoms with E-state index in [2.05, 4.69) is 79.7 Å². The Hall–Kier alpha value is -1.61. The van der Waals surface area contributed by atoms with Crippen LogP contribution in [0.4, 0.5) is 0 Å². The summed E-state index contributed by atoms with van der Waals surface area (Å²) in [6.07, 6.45) is 0. The summed E-state index contributed by atoms with van der Waals surface area (Å²) < 4.78 is 0. The third kappa shape index (κ3) is 3.09. The molecule has 0 spiro atoms. The predicted molar refractivity (Wildman–Crippen MR) is 98.7 cm³/mol. The van der Waals surface area contributed by atoms with Gasteiger partial charge in [-0.1, -0.05) is 66.7 Å². The zero-order chi connectivity index (χ0) is 15.5. The first-order valence-corrected chi connectivity index (χ1v) is 9.91. The summed E-state index contributed by atoms with van der Waals surface area (Å²) in [4.78, 5) is 2.20. The molecule has 0 unspecified atom stereocenters. The average Bonchev–Trinajstić information content (AvgIpc) is 2.54. The van der Waals surface area contributed by atoms with E-state index in [1.807, 2.05) is 6.07 Å². The summed E-state index contributed by atoms with van der Waals surface area (Å²) in [7, 11) is 2.93. The van der Waals surface area contributed by atoms with Gasteiger partial charge in [0, 0.05) is 6.54 Å². The SMILES string of the molecule is CN(C)Cc1cccc2cccc([Si](Cl)c3ccccc3)c12. The van der Waals surface area contributed by atoms with Crippen LogP contribution in [0.3, 0.4) is 0 Å². The molecule has 0 saturated heterocycles. The first-order valence-electron chi connectivity index (χ1n) is 7.40. The maximum absolute atomic E-state index is 6.91. The lowest BCUT2D eigenvalue weighted by molar-refractivity contribution is 0.404. The summed E-state index contributed by atoms with van der Waals surface area (Å²) in [6.45, 7) is 0.926. The van der Waals surface area contributed by atoms with Crippen molar-refractivity contribution >= 4 is 40.3 Å². The summed E-state index contributed by atoms with van der Waals surface area (Å²) in [5.41, 5.74) is 1.34. The van der Waals surface area contributed by atoms with E-state index < -0.39 is 8.11 Å². The molecule has 1 nitrogen and oxygen atoms in total. The van der Waals surface area contributed by atoms with Crippen LogP contribution in [0.5, 0.6) is 0 Å². The summed E-state index contributed by atoms with van der Waals surface area (Å²) in [5.74, 6) is 0. The molecule has 0 bridgehead atoms. The summed E-state index contributed by atoms with van der Waals surface area (Å²) in [5, 5.41) is 5.12. The second-order valence-electron chi connectivity index (χ2n) is 5.74. The van der Waals surface area contributed by atoms with Gasteiger partial charge >= 0.3 is 0 Å². The average molecular weight is 325 g/mol. The fourth-order valence-corrected chi connectivity index (χ4v) is 5.23. The highest BCUT2D eigenvalue weighted by Gasteiger charge is 2.18. The molecule has 0 aliphatic heterocycles. The van der Waals surface area contributed by atoms with Crippen molar-refractivity contribution in [2.45, 2.75) is 6.54 Å². The van der Waals surface area contributed by atoms with Gasteiger partial charge in [0.1, 0.15) is 0 Å². The van der Waals surface area contributed by atoms with Crippen molar-refractivity contribution < 1.29 is 0 Å². The minimum absolute atomic E-state index is 0.926. The Balaban J connectivity index is 2.17. The second kappa shape index (κ2) is 6.65. The number of nitrogens with zero attached hydrogens (tertiary/aromatic N) is 1. The highest BCUT2D eigenvalue weighted by atomic mass is 35.6. The van der Waals surface area contributed by atoms with Crippen LogP contribution in [0.2, 0.25) is 0 Å². The molecule has 0 saturated carbocycles. The molecule has 22 heavy (non-hydrogen) atoms. The molecule has 3 aromatic carbocycles. The van der Waals surface area contributed by atoms with E-state index in [9.17, 15) is 0 Å². The van der Waals surface area contributed by atoms with Crippen molar-refractivity contribution in [1.29, 1.82) is 0 Å². The van der Waals surface area contributed by atoms with Crippen LogP contribution in [0, 0.1) is 0 Å². The Bertz CT molecular complexity index is 765. The van der Waals surface area contributed by atoms with E-state index >= 15 is 0 Å². The number of rotatable bonds is 4. The first-order chi connectivity index (χ1) is 10.7. The molecule has 1 radical (unpaired) electrons. The van der Waals surface area contributed by atoms with E-state index in [0.717, 1.165) is 6.54 Å². The number of benzene rings is 3. The Morgan fingerprint density at radius 1 is 0.864 bits per heavy atom. The van der Waals surface area contributed by atoms with Gasteiger partial charge in [-0.2, -0.15) is 11.1 Å². The highest BCUT2D eigenvalue weighted by molar-refractivity contribution is 7.22. The molecule has 0 aromatic heterocycles. The monoisotopic (exact) mass is 324 g/mol. The van der Waals surface area contributed by atoms with Crippen LogP contribution in [0.15, 0.2) is 66.7 Å². The lowest BCUT2D eigenvalue weighted by Crippen LogP contribution is -2.38. The van der Waals surface area contributed by atoms with Crippen molar-refractivity contribution in [3.63, 3.8) is 0 Å². The first kappa shape index (κ1) is 15.3. The van der Waals surface area contributed by atoms with Crippen LogP contribution in [0.25, 0.3) is 10.8 Å². The number of hydrogen-bond acceptors (Lipinski definition) is 1. The van der Waals surface area contributed by atoms with E-state index in [1.165, 1.54) is 26.7 Å². The van der Waals surface area contributed by atoms with Crippen LogP contribution >= 0.6 is 11.1 Å². The Morgan fingerprint density at radius 3 is 2.23 bits per heavy atom. The number of hydrogen-bond donors (Lipinski definition) is 0. The Kier molecular flexibility index (Phi) is 4.62. The van der Waals surface area contributed by atoms with Crippen LogP contribution in [-0.2, 0) is 6.54 Å². The van der Waals surface area contributed by atoms with Crippen molar-refractivity contribution in [3.05, 3.63) is 72.3 Å². The van der Waals surface area contributed by atoms with Gasteiger partial charge in [0.05, 0.1) is 0 Å². The fraction of sp³-hybridized carbons (Fsp3) is 0.158. The minimum Gasteiger partial charge on any atom is -0.305 e.